The minimum atomic E-state index is -0.267. The van der Waals surface area contributed by atoms with Gasteiger partial charge in [0.25, 0.3) is 0 Å². The molecule has 0 radical (unpaired) electrons. The van der Waals surface area contributed by atoms with E-state index in [9.17, 15) is 9.59 Å². The van der Waals surface area contributed by atoms with E-state index in [-0.39, 0.29) is 22.8 Å². The predicted molar refractivity (Wildman–Crippen MR) is 91.1 cm³/mol. The topological polar surface area (TPSA) is 58.5 Å². The second-order valence-corrected chi connectivity index (χ2v) is 6.93. The molecule has 0 aliphatic heterocycles. The molecule has 4 nitrogen and oxygen atoms in total. The number of carbonyl (C=O) groups is 2. The molecule has 0 amide bonds. The van der Waals surface area contributed by atoms with E-state index in [1.54, 1.807) is 0 Å². The van der Waals surface area contributed by atoms with E-state index in [0.717, 1.165) is 12.8 Å². The molecule has 126 valence electrons. The zero-order valence-corrected chi connectivity index (χ0v) is 14.5. The third-order valence-electron chi connectivity index (χ3n) is 4.56. The number of hydrogen-bond acceptors (Lipinski definition) is 4. The summed E-state index contributed by atoms with van der Waals surface area (Å²) in [5.41, 5.74) is 3.08. The number of hydrazone groups is 1. The molecular weight excluding hydrogens is 276 g/mol. The molecule has 0 aromatic carbocycles. The van der Waals surface area contributed by atoms with Crippen LogP contribution in [0.25, 0.3) is 0 Å². The lowest BCUT2D eigenvalue weighted by atomic mass is 9.88. The molecule has 0 bridgehead atoms. The van der Waals surface area contributed by atoms with E-state index >= 15 is 0 Å². The van der Waals surface area contributed by atoms with Crippen LogP contribution in [0, 0.1) is 0 Å². The van der Waals surface area contributed by atoms with Crippen LogP contribution in [0.15, 0.2) is 5.10 Å². The summed E-state index contributed by atoms with van der Waals surface area (Å²) in [6.45, 7) is 4.96. The predicted octanol–water partition coefficient (Wildman–Crippen LogP) is 4.17. The van der Waals surface area contributed by atoms with Crippen molar-refractivity contribution < 1.29 is 9.59 Å². The highest BCUT2D eigenvalue weighted by Crippen LogP contribution is 2.24. The van der Waals surface area contributed by atoms with Crippen molar-refractivity contribution in [3.63, 3.8) is 0 Å². The summed E-state index contributed by atoms with van der Waals surface area (Å²) in [5.74, 6) is -0.534. The Bertz CT molecular complexity index is 374. The molecular formula is C18H32N2O2. The maximum Gasteiger partial charge on any atom is 0.183 e. The van der Waals surface area contributed by atoms with Gasteiger partial charge in [0.05, 0.1) is 5.54 Å². The van der Waals surface area contributed by atoms with Gasteiger partial charge in [0.15, 0.2) is 17.3 Å². The summed E-state index contributed by atoms with van der Waals surface area (Å²) in [4.78, 5) is 23.0. The maximum atomic E-state index is 11.5. The highest BCUT2D eigenvalue weighted by molar-refractivity contribution is 6.65. The van der Waals surface area contributed by atoms with Crippen molar-refractivity contribution in [2.24, 2.45) is 5.10 Å². The molecule has 1 aliphatic carbocycles. The van der Waals surface area contributed by atoms with Crippen LogP contribution >= 0.6 is 0 Å². The minimum Gasteiger partial charge on any atom is -0.303 e. The molecule has 0 aromatic rings. The van der Waals surface area contributed by atoms with Crippen molar-refractivity contribution in [3.05, 3.63) is 0 Å². The average Bonchev–Trinajstić information content (AvgIpc) is 2.42. The molecule has 0 saturated heterocycles. The van der Waals surface area contributed by atoms with Crippen LogP contribution < -0.4 is 5.43 Å². The van der Waals surface area contributed by atoms with Crippen molar-refractivity contribution in [2.45, 2.75) is 96.9 Å². The molecule has 4 heteroatoms. The van der Waals surface area contributed by atoms with Crippen LogP contribution in [0.5, 0.6) is 0 Å². The molecule has 1 saturated carbocycles. The normalized spacial score (nSPS) is 20.1. The Morgan fingerprint density at radius 1 is 0.773 bits per heavy atom. The van der Waals surface area contributed by atoms with Crippen LogP contribution in [0.4, 0.5) is 0 Å². The van der Waals surface area contributed by atoms with E-state index in [1.165, 1.54) is 71.6 Å². The van der Waals surface area contributed by atoms with Gasteiger partial charge in [0.2, 0.25) is 0 Å². The smallest absolute Gasteiger partial charge is 0.183 e. The second-order valence-electron chi connectivity index (χ2n) is 6.93. The summed E-state index contributed by atoms with van der Waals surface area (Å²) in [6, 6.07) is 0. The first-order valence-electron chi connectivity index (χ1n) is 8.81. The third-order valence-corrected chi connectivity index (χ3v) is 4.56. The summed E-state index contributed by atoms with van der Waals surface area (Å²) >= 11 is 0. The highest BCUT2D eigenvalue weighted by Gasteiger charge is 2.24. The third kappa shape index (κ3) is 7.19. The van der Waals surface area contributed by atoms with E-state index in [4.69, 9.17) is 0 Å². The number of ketones is 2. The van der Waals surface area contributed by atoms with E-state index in [2.05, 4.69) is 17.5 Å². The monoisotopic (exact) mass is 308 g/mol. The number of nitrogens with one attached hydrogen (secondary N) is 1. The SMILES string of the molecule is CC(=O)C(=NNC1(C)CCCCCCCCCCC1)C(C)=O. The Balaban J connectivity index is 2.69. The van der Waals surface area contributed by atoms with Gasteiger partial charge in [-0.15, -0.1) is 0 Å². The van der Waals surface area contributed by atoms with E-state index in [0.29, 0.717) is 0 Å². The van der Waals surface area contributed by atoms with Gasteiger partial charge in [-0.3, -0.25) is 9.59 Å². The summed E-state index contributed by atoms with van der Waals surface area (Å²) in [7, 11) is 0. The van der Waals surface area contributed by atoms with Crippen LogP contribution in [-0.4, -0.2) is 22.8 Å². The Labute approximate surface area is 135 Å². The Morgan fingerprint density at radius 2 is 1.14 bits per heavy atom. The van der Waals surface area contributed by atoms with E-state index in [1.807, 2.05) is 0 Å². The fourth-order valence-electron chi connectivity index (χ4n) is 3.10. The molecule has 0 aromatic heterocycles. The molecule has 1 fully saturated rings. The first-order chi connectivity index (χ1) is 10.4. The lowest BCUT2D eigenvalue weighted by molar-refractivity contribution is -0.114. The first kappa shape index (κ1) is 18.9. The van der Waals surface area contributed by atoms with Crippen molar-refractivity contribution in [2.75, 3.05) is 0 Å². The Kier molecular flexibility index (Phi) is 8.36. The van der Waals surface area contributed by atoms with Crippen LogP contribution in [0.1, 0.15) is 91.4 Å². The van der Waals surface area contributed by atoms with Crippen LogP contribution in [-0.2, 0) is 9.59 Å². The molecule has 1 N–H and O–H groups in total. The largest absolute Gasteiger partial charge is 0.303 e. The second kappa shape index (κ2) is 9.75. The van der Waals surface area contributed by atoms with E-state index < -0.39 is 0 Å². The highest BCUT2D eigenvalue weighted by atomic mass is 16.1. The molecule has 22 heavy (non-hydrogen) atoms. The molecule has 0 unspecified atom stereocenters. The Morgan fingerprint density at radius 3 is 1.50 bits per heavy atom. The van der Waals surface area contributed by atoms with Gasteiger partial charge in [-0.25, -0.2) is 0 Å². The van der Waals surface area contributed by atoms with Crippen molar-refractivity contribution in [3.8, 4) is 0 Å². The number of carbonyl (C=O) groups excluding carboxylic acids is 2. The van der Waals surface area contributed by atoms with Gasteiger partial charge >= 0.3 is 0 Å². The summed E-state index contributed by atoms with van der Waals surface area (Å²) in [6.07, 6.45) is 13.6. The number of nitrogens with zero attached hydrogens (tertiary/aromatic N) is 1. The van der Waals surface area contributed by atoms with Crippen LogP contribution in [0.2, 0.25) is 0 Å². The fourth-order valence-corrected chi connectivity index (χ4v) is 3.10. The Hall–Kier alpha value is -1.19. The lowest BCUT2D eigenvalue weighted by Gasteiger charge is -2.30. The van der Waals surface area contributed by atoms with Gasteiger partial charge in [-0.05, 0) is 19.8 Å². The average molecular weight is 308 g/mol. The summed E-state index contributed by atoms with van der Waals surface area (Å²) in [5, 5.41) is 4.15. The van der Waals surface area contributed by atoms with Crippen molar-refractivity contribution in [1.29, 1.82) is 0 Å². The quantitative estimate of drug-likeness (QED) is 0.481. The fraction of sp³-hybridized carbons (Fsp3) is 0.833. The van der Waals surface area contributed by atoms with Gasteiger partial charge < -0.3 is 5.43 Å². The van der Waals surface area contributed by atoms with Gasteiger partial charge in [-0.2, -0.15) is 5.10 Å². The molecule has 0 spiro atoms. The van der Waals surface area contributed by atoms with Crippen molar-refractivity contribution in [1.82, 2.24) is 5.43 Å². The molecule has 1 rings (SSSR count). The number of Topliss-reactive ketones (excluding diaryl/α,β-unsaturated/α-hetero) is 2. The maximum absolute atomic E-state index is 11.5. The molecule has 1 aliphatic rings. The standard InChI is InChI=1S/C18H32N2O2/c1-15(21)17(16(2)22)19-20-18(3)13-11-9-7-5-4-6-8-10-12-14-18/h20H,4-14H2,1-3H3. The zero-order chi connectivity index (χ0) is 16.4. The van der Waals surface area contributed by atoms with Crippen LogP contribution in [0.3, 0.4) is 0 Å². The number of hydrogen-bond donors (Lipinski definition) is 1. The van der Waals surface area contributed by atoms with Gasteiger partial charge in [0.1, 0.15) is 0 Å². The van der Waals surface area contributed by atoms with Crippen molar-refractivity contribution >= 4 is 17.3 Å². The van der Waals surface area contributed by atoms with Gasteiger partial charge in [0, 0.05) is 13.8 Å². The lowest BCUT2D eigenvalue weighted by Crippen LogP contribution is -2.40. The zero-order valence-electron chi connectivity index (χ0n) is 14.5. The molecule has 0 atom stereocenters. The number of rotatable bonds is 4. The van der Waals surface area contributed by atoms with Gasteiger partial charge in [-0.1, -0.05) is 57.8 Å². The summed E-state index contributed by atoms with van der Waals surface area (Å²) < 4.78 is 0. The minimum absolute atomic E-state index is 0.0346. The first-order valence-corrected chi connectivity index (χ1v) is 8.81. The molecule has 0 heterocycles.